The second kappa shape index (κ2) is 9.41. The summed E-state index contributed by atoms with van der Waals surface area (Å²) in [6.45, 7) is 4.57. The number of likely N-dealkylation sites (N-methyl/N-ethyl adjacent to an activating group) is 1. The van der Waals surface area contributed by atoms with Gasteiger partial charge in [-0.25, -0.2) is 0 Å². The Bertz CT molecular complexity index is 395. The molecule has 1 N–H and O–H groups in total. The Labute approximate surface area is 132 Å². The second-order valence-electron chi connectivity index (χ2n) is 5.38. The van der Waals surface area contributed by atoms with Gasteiger partial charge in [-0.05, 0) is 59.4 Å². The zero-order chi connectivity index (χ0) is 15.0. The van der Waals surface area contributed by atoms with Gasteiger partial charge < -0.3 is 10.1 Å². The number of unbranched alkanes of at least 4 members (excludes halogenated alkanes) is 1. The van der Waals surface area contributed by atoms with Crippen LogP contribution in [0.1, 0.15) is 45.1 Å². The third kappa shape index (κ3) is 5.10. The topological polar surface area (TPSA) is 21.3 Å². The number of hydrogen-bond donors (Lipinski definition) is 1. The summed E-state index contributed by atoms with van der Waals surface area (Å²) in [6.07, 6.45) is 6.23. The van der Waals surface area contributed by atoms with E-state index in [4.69, 9.17) is 4.74 Å². The summed E-state index contributed by atoms with van der Waals surface area (Å²) < 4.78 is 6.33. The van der Waals surface area contributed by atoms with E-state index in [2.05, 4.69) is 54.3 Å². The van der Waals surface area contributed by atoms with Gasteiger partial charge in [-0.15, -0.1) is 0 Å². The molecule has 0 aliphatic rings. The molecule has 0 radical (unpaired) electrons. The fourth-order valence-electron chi connectivity index (χ4n) is 2.75. The molecule has 0 bridgehead atoms. The van der Waals surface area contributed by atoms with Gasteiger partial charge in [0.25, 0.3) is 0 Å². The lowest BCUT2D eigenvalue weighted by Gasteiger charge is -2.26. The van der Waals surface area contributed by atoms with E-state index in [1.165, 1.54) is 31.2 Å². The predicted molar refractivity (Wildman–Crippen MR) is 90.6 cm³/mol. The van der Waals surface area contributed by atoms with Crippen molar-refractivity contribution in [1.29, 1.82) is 0 Å². The molecular weight excluding hydrogens is 314 g/mol. The van der Waals surface area contributed by atoms with Gasteiger partial charge in [-0.1, -0.05) is 39.2 Å². The van der Waals surface area contributed by atoms with E-state index in [1.807, 2.05) is 6.07 Å². The Hall–Kier alpha value is -0.540. The highest BCUT2D eigenvalue weighted by Gasteiger charge is 2.18. The van der Waals surface area contributed by atoms with Crippen molar-refractivity contribution in [2.75, 3.05) is 14.2 Å². The quantitative estimate of drug-likeness (QED) is 0.696. The van der Waals surface area contributed by atoms with Crippen LogP contribution in [-0.2, 0) is 6.42 Å². The second-order valence-corrected chi connectivity index (χ2v) is 6.23. The molecule has 2 nitrogen and oxygen atoms in total. The van der Waals surface area contributed by atoms with Gasteiger partial charge in [0, 0.05) is 6.04 Å². The van der Waals surface area contributed by atoms with Gasteiger partial charge in [-0.3, -0.25) is 0 Å². The lowest BCUT2D eigenvalue weighted by Crippen LogP contribution is -2.35. The third-order valence-electron chi connectivity index (χ3n) is 4.06. The molecule has 0 aromatic heterocycles. The summed E-state index contributed by atoms with van der Waals surface area (Å²) >= 11 is 3.57. The Balaban J connectivity index is 2.73. The number of hydrogen-bond acceptors (Lipinski definition) is 2. The van der Waals surface area contributed by atoms with Crippen LogP contribution in [0.4, 0.5) is 0 Å². The predicted octanol–water partition coefficient (Wildman–Crippen LogP) is 4.80. The van der Waals surface area contributed by atoms with Crippen LogP contribution in [0.2, 0.25) is 0 Å². The van der Waals surface area contributed by atoms with Crippen LogP contribution < -0.4 is 10.1 Å². The van der Waals surface area contributed by atoms with Gasteiger partial charge in [0.2, 0.25) is 0 Å². The largest absolute Gasteiger partial charge is 0.496 e. The van der Waals surface area contributed by atoms with E-state index in [-0.39, 0.29) is 0 Å². The SMILES string of the molecule is CCCCC(CC)C(Cc1ccc(OC)c(Br)c1)NC. The van der Waals surface area contributed by atoms with Crippen molar-refractivity contribution in [1.82, 2.24) is 5.32 Å². The summed E-state index contributed by atoms with van der Waals surface area (Å²) in [4.78, 5) is 0. The van der Waals surface area contributed by atoms with Gasteiger partial charge in [0.1, 0.15) is 5.75 Å². The smallest absolute Gasteiger partial charge is 0.133 e. The molecule has 0 aliphatic carbocycles. The van der Waals surface area contributed by atoms with Crippen molar-refractivity contribution in [3.63, 3.8) is 0 Å². The van der Waals surface area contributed by atoms with Crippen LogP contribution in [0, 0.1) is 5.92 Å². The molecule has 2 atom stereocenters. The molecule has 0 fully saturated rings. The van der Waals surface area contributed by atoms with Gasteiger partial charge >= 0.3 is 0 Å². The van der Waals surface area contributed by atoms with Gasteiger partial charge in [-0.2, -0.15) is 0 Å². The maximum absolute atomic E-state index is 5.29. The fraction of sp³-hybridized carbons (Fsp3) is 0.647. The summed E-state index contributed by atoms with van der Waals surface area (Å²) in [7, 11) is 3.78. The molecule has 0 aliphatic heterocycles. The maximum Gasteiger partial charge on any atom is 0.133 e. The van der Waals surface area contributed by atoms with Crippen molar-refractivity contribution >= 4 is 15.9 Å². The zero-order valence-corrected chi connectivity index (χ0v) is 14.8. The summed E-state index contributed by atoms with van der Waals surface area (Å²) in [5.41, 5.74) is 1.35. The van der Waals surface area contributed by atoms with Crippen molar-refractivity contribution in [3.8, 4) is 5.75 Å². The first-order valence-electron chi connectivity index (χ1n) is 7.65. The van der Waals surface area contributed by atoms with Crippen LogP contribution in [-0.4, -0.2) is 20.2 Å². The molecule has 1 rings (SSSR count). The van der Waals surface area contributed by atoms with Crippen molar-refractivity contribution in [2.45, 2.75) is 52.0 Å². The van der Waals surface area contributed by atoms with E-state index in [1.54, 1.807) is 7.11 Å². The molecule has 1 aromatic rings. The van der Waals surface area contributed by atoms with Crippen molar-refractivity contribution < 1.29 is 4.74 Å². The number of halogens is 1. The van der Waals surface area contributed by atoms with Crippen LogP contribution in [0.5, 0.6) is 5.75 Å². The van der Waals surface area contributed by atoms with Crippen LogP contribution >= 0.6 is 15.9 Å². The molecule has 0 heterocycles. The maximum atomic E-state index is 5.29. The first-order valence-corrected chi connectivity index (χ1v) is 8.45. The lowest BCUT2D eigenvalue weighted by molar-refractivity contribution is 0.330. The number of benzene rings is 1. The summed E-state index contributed by atoms with van der Waals surface area (Å²) in [6, 6.07) is 6.93. The number of rotatable bonds is 9. The van der Waals surface area contributed by atoms with Crippen molar-refractivity contribution in [2.24, 2.45) is 5.92 Å². The number of ether oxygens (including phenoxy) is 1. The molecule has 0 amide bonds. The molecule has 0 saturated heterocycles. The van der Waals surface area contributed by atoms with E-state index >= 15 is 0 Å². The minimum atomic E-state index is 0.548. The normalized spacial score (nSPS) is 14.1. The molecular formula is C17H28BrNO. The fourth-order valence-corrected chi connectivity index (χ4v) is 3.34. The van der Waals surface area contributed by atoms with Gasteiger partial charge in [0.15, 0.2) is 0 Å². The highest BCUT2D eigenvalue weighted by molar-refractivity contribution is 9.10. The zero-order valence-electron chi connectivity index (χ0n) is 13.2. The molecule has 1 aromatic carbocycles. The minimum absolute atomic E-state index is 0.548. The first-order chi connectivity index (χ1) is 9.65. The Morgan fingerprint density at radius 2 is 2.05 bits per heavy atom. The molecule has 2 unspecified atom stereocenters. The first kappa shape index (κ1) is 17.5. The highest BCUT2D eigenvalue weighted by Crippen LogP contribution is 2.27. The molecule has 0 spiro atoms. The highest BCUT2D eigenvalue weighted by atomic mass is 79.9. The lowest BCUT2D eigenvalue weighted by atomic mass is 9.87. The third-order valence-corrected chi connectivity index (χ3v) is 4.68. The van der Waals surface area contributed by atoms with E-state index < -0.39 is 0 Å². The van der Waals surface area contributed by atoms with Crippen LogP contribution in [0.15, 0.2) is 22.7 Å². The van der Waals surface area contributed by atoms with E-state index in [0.717, 1.165) is 22.6 Å². The Morgan fingerprint density at radius 3 is 2.55 bits per heavy atom. The standard InChI is InChI=1S/C17H28BrNO/c1-5-7-8-14(6-2)16(19-3)12-13-9-10-17(20-4)15(18)11-13/h9-11,14,16,19H,5-8,12H2,1-4H3. The molecule has 20 heavy (non-hydrogen) atoms. The number of methoxy groups -OCH3 is 1. The molecule has 0 saturated carbocycles. The van der Waals surface area contributed by atoms with Crippen LogP contribution in [0.25, 0.3) is 0 Å². The Morgan fingerprint density at radius 1 is 1.30 bits per heavy atom. The van der Waals surface area contributed by atoms with E-state index in [0.29, 0.717) is 6.04 Å². The van der Waals surface area contributed by atoms with E-state index in [9.17, 15) is 0 Å². The van der Waals surface area contributed by atoms with Crippen LogP contribution in [0.3, 0.4) is 0 Å². The summed E-state index contributed by atoms with van der Waals surface area (Å²) in [5, 5.41) is 3.51. The minimum Gasteiger partial charge on any atom is -0.496 e. The van der Waals surface area contributed by atoms with Gasteiger partial charge in [0.05, 0.1) is 11.6 Å². The Kier molecular flexibility index (Phi) is 8.24. The average Bonchev–Trinajstić information content (AvgIpc) is 2.46. The molecule has 3 heteroatoms. The monoisotopic (exact) mass is 341 g/mol. The molecule has 114 valence electrons. The van der Waals surface area contributed by atoms with Crippen molar-refractivity contribution in [3.05, 3.63) is 28.2 Å². The summed E-state index contributed by atoms with van der Waals surface area (Å²) in [5.74, 6) is 1.65. The number of nitrogens with one attached hydrogen (secondary N) is 1. The average molecular weight is 342 g/mol.